The summed E-state index contributed by atoms with van der Waals surface area (Å²) < 4.78 is 39.7. The lowest BCUT2D eigenvalue weighted by Gasteiger charge is -2.35. The molecule has 0 amide bonds. The first kappa shape index (κ1) is 20.7. The maximum Gasteiger partial charge on any atom is 0.416 e. The van der Waals surface area contributed by atoms with Crippen LogP contribution in [0.25, 0.3) is 0 Å². The van der Waals surface area contributed by atoms with Gasteiger partial charge in [0, 0.05) is 36.7 Å². The summed E-state index contributed by atoms with van der Waals surface area (Å²) in [7, 11) is 0. The maximum absolute atomic E-state index is 13.1. The number of unbranched alkanes of at least 4 members (excludes halogenated alkanes) is 1. The summed E-state index contributed by atoms with van der Waals surface area (Å²) in [6.45, 7) is 5.65. The summed E-state index contributed by atoms with van der Waals surface area (Å²) >= 11 is 3.24. The molecule has 0 aromatic heterocycles. The highest BCUT2D eigenvalue weighted by Crippen LogP contribution is 2.36. The smallest absolute Gasteiger partial charge is 0.314 e. The third-order valence-electron chi connectivity index (χ3n) is 4.06. The Morgan fingerprint density at radius 3 is 2.43 bits per heavy atom. The van der Waals surface area contributed by atoms with Crippen molar-refractivity contribution in [3.05, 3.63) is 33.8 Å². The first-order valence-electron chi connectivity index (χ1n) is 7.74. The molecule has 0 radical (unpaired) electrons. The number of hydrogen-bond donors (Lipinski definition) is 1. The molecular formula is C16H23BrClF3N2. The van der Waals surface area contributed by atoms with E-state index in [1.807, 2.05) is 6.07 Å². The summed E-state index contributed by atoms with van der Waals surface area (Å²) in [6.07, 6.45) is -1.35. The molecule has 2 nitrogen and oxygen atoms in total. The van der Waals surface area contributed by atoms with E-state index in [-0.39, 0.29) is 18.4 Å². The summed E-state index contributed by atoms with van der Waals surface area (Å²) in [6, 6.07) is 4.35. The Morgan fingerprint density at radius 1 is 1.22 bits per heavy atom. The number of halogens is 5. The minimum absolute atomic E-state index is 0. The lowest BCUT2D eigenvalue weighted by Crippen LogP contribution is -2.45. The summed E-state index contributed by atoms with van der Waals surface area (Å²) in [5, 5.41) is 3.29. The van der Waals surface area contributed by atoms with Gasteiger partial charge in [0.05, 0.1) is 5.56 Å². The fourth-order valence-electron chi connectivity index (χ4n) is 2.92. The van der Waals surface area contributed by atoms with Crippen molar-refractivity contribution in [1.82, 2.24) is 10.2 Å². The van der Waals surface area contributed by atoms with E-state index in [2.05, 4.69) is 33.1 Å². The van der Waals surface area contributed by atoms with Crippen LogP contribution < -0.4 is 5.32 Å². The molecule has 0 bridgehead atoms. The SMILES string of the molecule is CCCC[C@@H](c1cc(Br)cc(C(F)(F)F)c1)N1CCNCC1.Cl. The van der Waals surface area contributed by atoms with Gasteiger partial charge in [-0.2, -0.15) is 13.2 Å². The first-order valence-corrected chi connectivity index (χ1v) is 8.53. The van der Waals surface area contributed by atoms with Crippen LogP contribution in [-0.2, 0) is 6.18 Å². The van der Waals surface area contributed by atoms with E-state index in [0.29, 0.717) is 4.47 Å². The molecule has 1 N–H and O–H groups in total. The molecule has 0 aliphatic carbocycles. The molecule has 2 rings (SSSR count). The van der Waals surface area contributed by atoms with Gasteiger partial charge in [0.1, 0.15) is 0 Å². The van der Waals surface area contributed by atoms with Crippen LogP contribution in [0, 0.1) is 0 Å². The van der Waals surface area contributed by atoms with E-state index in [1.165, 1.54) is 6.07 Å². The lowest BCUT2D eigenvalue weighted by atomic mass is 9.97. The molecule has 1 aromatic carbocycles. The number of hydrogen-bond acceptors (Lipinski definition) is 2. The van der Waals surface area contributed by atoms with Gasteiger partial charge < -0.3 is 5.32 Å². The van der Waals surface area contributed by atoms with Gasteiger partial charge in [0.2, 0.25) is 0 Å². The van der Waals surface area contributed by atoms with E-state index in [0.717, 1.165) is 57.1 Å². The Morgan fingerprint density at radius 2 is 1.87 bits per heavy atom. The Balaban J connectivity index is 0.00000264. The molecule has 1 fully saturated rings. The van der Waals surface area contributed by atoms with Crippen LogP contribution in [0.3, 0.4) is 0 Å². The van der Waals surface area contributed by atoms with Crippen LogP contribution in [0.4, 0.5) is 13.2 Å². The van der Waals surface area contributed by atoms with E-state index >= 15 is 0 Å². The van der Waals surface area contributed by atoms with Gasteiger partial charge in [-0.3, -0.25) is 4.90 Å². The highest BCUT2D eigenvalue weighted by atomic mass is 79.9. The number of benzene rings is 1. The molecule has 0 unspecified atom stereocenters. The van der Waals surface area contributed by atoms with Crippen molar-refractivity contribution in [2.75, 3.05) is 26.2 Å². The Kier molecular flexibility index (Phi) is 8.35. The second-order valence-corrected chi connectivity index (χ2v) is 6.63. The fraction of sp³-hybridized carbons (Fsp3) is 0.625. The molecule has 7 heteroatoms. The molecule has 132 valence electrons. The van der Waals surface area contributed by atoms with Gasteiger partial charge in [0.15, 0.2) is 0 Å². The Labute approximate surface area is 150 Å². The van der Waals surface area contributed by atoms with Gasteiger partial charge in [-0.1, -0.05) is 35.7 Å². The highest BCUT2D eigenvalue weighted by molar-refractivity contribution is 9.10. The summed E-state index contributed by atoms with van der Waals surface area (Å²) in [5.41, 5.74) is 0.186. The van der Waals surface area contributed by atoms with Crippen LogP contribution >= 0.6 is 28.3 Å². The summed E-state index contributed by atoms with van der Waals surface area (Å²) in [4.78, 5) is 2.30. The van der Waals surface area contributed by atoms with Crippen LogP contribution in [-0.4, -0.2) is 31.1 Å². The third-order valence-corrected chi connectivity index (χ3v) is 4.51. The van der Waals surface area contributed by atoms with Gasteiger partial charge in [-0.15, -0.1) is 12.4 Å². The van der Waals surface area contributed by atoms with Crippen molar-refractivity contribution >= 4 is 28.3 Å². The van der Waals surface area contributed by atoms with Crippen LogP contribution in [0.5, 0.6) is 0 Å². The van der Waals surface area contributed by atoms with Gasteiger partial charge in [-0.25, -0.2) is 0 Å². The van der Waals surface area contributed by atoms with Crippen LogP contribution in [0.1, 0.15) is 43.4 Å². The fourth-order valence-corrected chi connectivity index (χ4v) is 3.43. The average Bonchev–Trinajstić information content (AvgIpc) is 2.47. The normalized spacial score (nSPS) is 17.6. The van der Waals surface area contributed by atoms with E-state index in [9.17, 15) is 13.2 Å². The van der Waals surface area contributed by atoms with Gasteiger partial charge in [-0.05, 0) is 30.2 Å². The summed E-state index contributed by atoms with van der Waals surface area (Å²) in [5.74, 6) is 0. The number of rotatable bonds is 5. The van der Waals surface area contributed by atoms with Crippen molar-refractivity contribution in [3.8, 4) is 0 Å². The zero-order valence-electron chi connectivity index (χ0n) is 13.1. The first-order chi connectivity index (χ1) is 10.4. The van der Waals surface area contributed by atoms with Crippen molar-refractivity contribution in [1.29, 1.82) is 0 Å². The molecule has 1 heterocycles. The molecule has 1 atom stereocenters. The number of nitrogens with zero attached hydrogens (tertiary/aromatic N) is 1. The molecule has 1 saturated heterocycles. The predicted octanol–water partition coefficient (Wildman–Crippen LogP) is 5.03. The lowest BCUT2D eigenvalue weighted by molar-refractivity contribution is -0.137. The number of piperazine rings is 1. The minimum atomic E-state index is -4.31. The van der Waals surface area contributed by atoms with E-state index in [1.54, 1.807) is 0 Å². The predicted molar refractivity (Wildman–Crippen MR) is 93.1 cm³/mol. The van der Waals surface area contributed by atoms with Gasteiger partial charge in [0.25, 0.3) is 0 Å². The van der Waals surface area contributed by atoms with Crippen molar-refractivity contribution < 1.29 is 13.2 Å². The number of alkyl halides is 3. The van der Waals surface area contributed by atoms with Gasteiger partial charge >= 0.3 is 6.18 Å². The van der Waals surface area contributed by atoms with E-state index in [4.69, 9.17) is 0 Å². The second-order valence-electron chi connectivity index (χ2n) is 5.71. The van der Waals surface area contributed by atoms with Crippen molar-refractivity contribution in [3.63, 3.8) is 0 Å². The molecular weight excluding hydrogens is 393 g/mol. The maximum atomic E-state index is 13.1. The highest BCUT2D eigenvalue weighted by Gasteiger charge is 2.32. The monoisotopic (exact) mass is 414 g/mol. The molecule has 1 aliphatic rings. The van der Waals surface area contributed by atoms with E-state index < -0.39 is 11.7 Å². The zero-order valence-corrected chi connectivity index (χ0v) is 15.5. The molecule has 1 aliphatic heterocycles. The van der Waals surface area contributed by atoms with Crippen LogP contribution in [0.15, 0.2) is 22.7 Å². The average molecular weight is 416 g/mol. The molecule has 0 spiro atoms. The zero-order chi connectivity index (χ0) is 16.2. The molecule has 1 aromatic rings. The minimum Gasteiger partial charge on any atom is -0.314 e. The Bertz CT molecular complexity index is 491. The third kappa shape index (κ3) is 5.93. The number of nitrogens with one attached hydrogen (secondary N) is 1. The van der Waals surface area contributed by atoms with Crippen LogP contribution in [0.2, 0.25) is 0 Å². The largest absolute Gasteiger partial charge is 0.416 e. The standard InChI is InChI=1S/C16H22BrF3N2.ClH/c1-2-3-4-15(22-7-5-21-6-8-22)12-9-13(16(18,19)20)11-14(17)10-12;/h9-11,15,21H,2-8H2,1H3;1H/t15-;/m0./s1. The van der Waals surface area contributed by atoms with Crippen molar-refractivity contribution in [2.24, 2.45) is 0 Å². The topological polar surface area (TPSA) is 15.3 Å². The Hall–Kier alpha value is -0.300. The molecule has 0 saturated carbocycles. The van der Waals surface area contributed by atoms with Crippen molar-refractivity contribution in [2.45, 2.75) is 38.4 Å². The second kappa shape index (κ2) is 9.25. The quantitative estimate of drug-likeness (QED) is 0.726. The molecule has 23 heavy (non-hydrogen) atoms.